The van der Waals surface area contributed by atoms with Gasteiger partial charge in [-0.1, -0.05) is 19.8 Å². The van der Waals surface area contributed by atoms with Crippen LogP contribution in [0.25, 0.3) is 0 Å². The van der Waals surface area contributed by atoms with Gasteiger partial charge in [0.25, 0.3) is 5.69 Å². The van der Waals surface area contributed by atoms with Gasteiger partial charge in [-0.2, -0.15) is 0 Å². The molecule has 0 saturated heterocycles. The molecule has 0 spiro atoms. The molecular formula is C13H17IN2O2. The van der Waals surface area contributed by atoms with Crippen LogP contribution in [-0.2, 0) is 0 Å². The molecule has 0 heterocycles. The topological polar surface area (TPSA) is 55.2 Å². The van der Waals surface area contributed by atoms with E-state index >= 15 is 0 Å². The summed E-state index contributed by atoms with van der Waals surface area (Å²) in [7, 11) is 0. The predicted octanol–water partition coefficient (Wildman–Crippen LogP) is 4.19. The number of benzene rings is 1. The number of nitrogens with one attached hydrogen (secondary N) is 1. The van der Waals surface area contributed by atoms with Crippen molar-refractivity contribution in [3.63, 3.8) is 0 Å². The molecule has 0 aromatic heterocycles. The molecule has 0 radical (unpaired) electrons. The van der Waals surface area contributed by atoms with E-state index in [1.807, 2.05) is 6.07 Å². The van der Waals surface area contributed by atoms with Crippen molar-refractivity contribution in [2.45, 2.75) is 38.6 Å². The molecule has 18 heavy (non-hydrogen) atoms. The molecule has 1 N–H and O–H groups in total. The van der Waals surface area contributed by atoms with E-state index < -0.39 is 0 Å². The first-order valence-corrected chi connectivity index (χ1v) is 7.38. The summed E-state index contributed by atoms with van der Waals surface area (Å²) < 4.78 is 0.913. The van der Waals surface area contributed by atoms with E-state index in [4.69, 9.17) is 0 Å². The van der Waals surface area contributed by atoms with E-state index in [1.165, 1.54) is 19.3 Å². The van der Waals surface area contributed by atoms with Crippen molar-refractivity contribution in [1.82, 2.24) is 0 Å². The lowest BCUT2D eigenvalue weighted by Gasteiger charge is -2.19. The average Bonchev–Trinajstić information content (AvgIpc) is 3.14. The molecule has 1 atom stereocenters. The quantitative estimate of drug-likeness (QED) is 0.470. The Morgan fingerprint density at radius 1 is 1.56 bits per heavy atom. The third kappa shape index (κ3) is 3.57. The molecule has 0 bridgehead atoms. The maximum absolute atomic E-state index is 10.7. The summed E-state index contributed by atoms with van der Waals surface area (Å²) in [4.78, 5) is 10.3. The Labute approximate surface area is 120 Å². The largest absolute Gasteiger partial charge is 0.381 e. The molecule has 1 aromatic rings. The summed E-state index contributed by atoms with van der Waals surface area (Å²) in [6.07, 6.45) is 5.01. The van der Waals surface area contributed by atoms with E-state index in [2.05, 4.69) is 34.8 Å². The van der Waals surface area contributed by atoms with Crippen molar-refractivity contribution in [3.05, 3.63) is 31.9 Å². The molecule has 0 amide bonds. The van der Waals surface area contributed by atoms with Crippen LogP contribution in [0.15, 0.2) is 18.2 Å². The minimum absolute atomic E-state index is 0.153. The van der Waals surface area contributed by atoms with Crippen LogP contribution in [0.5, 0.6) is 0 Å². The number of non-ortho nitro benzene ring substituents is 1. The van der Waals surface area contributed by atoms with E-state index in [0.29, 0.717) is 6.04 Å². The van der Waals surface area contributed by atoms with Gasteiger partial charge in [0, 0.05) is 27.4 Å². The van der Waals surface area contributed by atoms with Crippen molar-refractivity contribution in [1.29, 1.82) is 0 Å². The zero-order valence-corrected chi connectivity index (χ0v) is 12.5. The van der Waals surface area contributed by atoms with E-state index in [9.17, 15) is 10.1 Å². The van der Waals surface area contributed by atoms with Gasteiger partial charge in [0.1, 0.15) is 0 Å². The van der Waals surface area contributed by atoms with E-state index in [1.54, 1.807) is 12.1 Å². The lowest BCUT2D eigenvalue weighted by Crippen LogP contribution is -2.19. The van der Waals surface area contributed by atoms with Gasteiger partial charge in [-0.3, -0.25) is 10.1 Å². The first-order chi connectivity index (χ1) is 8.60. The van der Waals surface area contributed by atoms with Crippen LogP contribution in [0, 0.1) is 19.6 Å². The summed E-state index contributed by atoms with van der Waals surface area (Å²) in [5, 5.41) is 14.2. The van der Waals surface area contributed by atoms with Crippen LogP contribution >= 0.6 is 22.6 Å². The van der Waals surface area contributed by atoms with Crippen LogP contribution in [-0.4, -0.2) is 11.0 Å². The highest BCUT2D eigenvalue weighted by Gasteiger charge is 2.25. The summed E-state index contributed by atoms with van der Waals surface area (Å²) in [6, 6.07) is 5.48. The molecule has 1 unspecified atom stereocenters. The minimum atomic E-state index is -0.354. The second kappa shape index (κ2) is 5.86. The van der Waals surface area contributed by atoms with Crippen LogP contribution < -0.4 is 5.32 Å². The van der Waals surface area contributed by atoms with Gasteiger partial charge in [0.05, 0.1) is 4.92 Å². The Morgan fingerprint density at radius 3 is 2.78 bits per heavy atom. The molecule has 1 fully saturated rings. The molecular weight excluding hydrogens is 343 g/mol. The van der Waals surface area contributed by atoms with Gasteiger partial charge in [-0.15, -0.1) is 0 Å². The minimum Gasteiger partial charge on any atom is -0.381 e. The molecule has 98 valence electrons. The Morgan fingerprint density at radius 2 is 2.28 bits per heavy atom. The second-order valence-corrected chi connectivity index (χ2v) is 6.01. The number of nitro benzene ring substituents is 1. The fourth-order valence-electron chi connectivity index (χ4n) is 2.04. The molecule has 1 aromatic carbocycles. The van der Waals surface area contributed by atoms with Gasteiger partial charge in [-0.25, -0.2) is 0 Å². The number of hydrogen-bond acceptors (Lipinski definition) is 3. The fourth-order valence-corrected chi connectivity index (χ4v) is 2.69. The zero-order chi connectivity index (χ0) is 13.1. The van der Waals surface area contributed by atoms with Crippen LogP contribution in [0.2, 0.25) is 0 Å². The van der Waals surface area contributed by atoms with Crippen molar-refractivity contribution in [2.75, 3.05) is 5.32 Å². The summed E-state index contributed by atoms with van der Waals surface area (Å²) >= 11 is 2.15. The molecule has 5 heteroatoms. The molecule has 2 rings (SSSR count). The van der Waals surface area contributed by atoms with E-state index in [0.717, 1.165) is 21.6 Å². The van der Waals surface area contributed by atoms with Crippen LogP contribution in [0.1, 0.15) is 32.6 Å². The second-order valence-electron chi connectivity index (χ2n) is 4.85. The standard InChI is InChI=1S/C13H17IN2O2/c1-2-10(7-9-3-4-9)15-13-6-5-11(16(17)18)8-12(13)14/h5-6,8-10,15H,2-4,7H2,1H3. The number of halogens is 1. The van der Waals surface area contributed by atoms with Crippen molar-refractivity contribution >= 4 is 34.0 Å². The molecule has 1 saturated carbocycles. The van der Waals surface area contributed by atoms with Gasteiger partial charge in [0.15, 0.2) is 0 Å². The lowest BCUT2D eigenvalue weighted by atomic mass is 10.1. The highest BCUT2D eigenvalue weighted by atomic mass is 127. The summed E-state index contributed by atoms with van der Waals surface area (Å²) in [5.74, 6) is 0.887. The van der Waals surface area contributed by atoms with Gasteiger partial charge in [0.2, 0.25) is 0 Å². The van der Waals surface area contributed by atoms with Gasteiger partial charge < -0.3 is 5.32 Å². The fraction of sp³-hybridized carbons (Fsp3) is 0.538. The predicted molar refractivity (Wildman–Crippen MR) is 80.9 cm³/mol. The van der Waals surface area contributed by atoms with Crippen LogP contribution in [0.3, 0.4) is 0 Å². The number of nitro groups is 1. The van der Waals surface area contributed by atoms with Crippen molar-refractivity contribution in [2.24, 2.45) is 5.92 Å². The van der Waals surface area contributed by atoms with Gasteiger partial charge >= 0.3 is 0 Å². The summed E-state index contributed by atoms with van der Waals surface area (Å²) in [5.41, 5.74) is 1.16. The normalized spacial score (nSPS) is 16.3. The maximum Gasteiger partial charge on any atom is 0.270 e. The Balaban J connectivity index is 2.05. The van der Waals surface area contributed by atoms with Crippen molar-refractivity contribution < 1.29 is 4.92 Å². The molecule has 4 nitrogen and oxygen atoms in total. The Kier molecular flexibility index (Phi) is 4.42. The van der Waals surface area contributed by atoms with Gasteiger partial charge in [-0.05, 0) is 47.4 Å². The first-order valence-electron chi connectivity index (χ1n) is 6.30. The van der Waals surface area contributed by atoms with Crippen LogP contribution in [0.4, 0.5) is 11.4 Å². The number of rotatable bonds is 6. The number of anilines is 1. The maximum atomic E-state index is 10.7. The Bertz CT molecular complexity index is 447. The molecule has 1 aliphatic rings. The first kappa shape index (κ1) is 13.6. The Hall–Kier alpha value is -0.850. The highest BCUT2D eigenvalue weighted by molar-refractivity contribution is 14.1. The zero-order valence-electron chi connectivity index (χ0n) is 10.4. The molecule has 0 aliphatic heterocycles. The third-order valence-corrected chi connectivity index (χ3v) is 4.22. The average molecular weight is 360 g/mol. The molecule has 1 aliphatic carbocycles. The number of nitrogens with zero attached hydrogens (tertiary/aromatic N) is 1. The third-order valence-electron chi connectivity index (χ3n) is 3.33. The highest BCUT2D eigenvalue weighted by Crippen LogP contribution is 2.35. The number of hydrogen-bond donors (Lipinski definition) is 1. The van der Waals surface area contributed by atoms with E-state index in [-0.39, 0.29) is 10.6 Å². The SMILES string of the molecule is CCC(CC1CC1)Nc1ccc([N+](=O)[O-])cc1I. The van der Waals surface area contributed by atoms with Crippen molar-refractivity contribution in [3.8, 4) is 0 Å². The summed E-state index contributed by atoms with van der Waals surface area (Å²) in [6.45, 7) is 2.18. The lowest BCUT2D eigenvalue weighted by molar-refractivity contribution is -0.384. The monoisotopic (exact) mass is 360 g/mol. The smallest absolute Gasteiger partial charge is 0.270 e.